The van der Waals surface area contributed by atoms with Crippen LogP contribution >= 0.6 is 0 Å². The smallest absolute Gasteiger partial charge is 0.272 e. The summed E-state index contributed by atoms with van der Waals surface area (Å²) in [5, 5.41) is 3.21. The number of piperidine rings is 1. The zero-order chi connectivity index (χ0) is 18.5. The van der Waals surface area contributed by atoms with Gasteiger partial charge in [-0.1, -0.05) is 6.92 Å². The molecule has 1 unspecified atom stereocenters. The van der Waals surface area contributed by atoms with Crippen molar-refractivity contribution in [3.8, 4) is 5.75 Å². The standard InChI is InChI=1S/C20H26N4O2/c1-14(2)26-17-8-6-16(7-9-17)23-19-11-18(21-13-22-19)20(25)24-10-4-5-15(3)12-24/h6-9,11,13-15H,4-5,10,12H2,1-3H3,(H,21,22,23). The van der Waals surface area contributed by atoms with Gasteiger partial charge in [-0.3, -0.25) is 4.79 Å². The van der Waals surface area contributed by atoms with Gasteiger partial charge in [-0.15, -0.1) is 0 Å². The van der Waals surface area contributed by atoms with E-state index in [0.717, 1.165) is 30.9 Å². The van der Waals surface area contributed by atoms with E-state index in [1.54, 1.807) is 6.07 Å². The largest absolute Gasteiger partial charge is 0.491 e. The van der Waals surface area contributed by atoms with E-state index >= 15 is 0 Å². The number of anilines is 2. The lowest BCUT2D eigenvalue weighted by atomic mass is 10.00. The maximum absolute atomic E-state index is 12.7. The van der Waals surface area contributed by atoms with Gasteiger partial charge >= 0.3 is 0 Å². The monoisotopic (exact) mass is 354 g/mol. The average Bonchev–Trinajstić information content (AvgIpc) is 2.62. The SMILES string of the molecule is CC1CCCN(C(=O)c2cc(Nc3ccc(OC(C)C)cc3)ncn2)C1. The molecule has 3 rings (SSSR count). The van der Waals surface area contributed by atoms with Gasteiger partial charge in [0.25, 0.3) is 5.91 Å². The number of amides is 1. The van der Waals surface area contributed by atoms with Crippen molar-refractivity contribution in [2.24, 2.45) is 5.92 Å². The van der Waals surface area contributed by atoms with Crippen molar-refractivity contribution < 1.29 is 9.53 Å². The summed E-state index contributed by atoms with van der Waals surface area (Å²) in [6.45, 7) is 7.76. The quantitative estimate of drug-likeness (QED) is 0.882. The van der Waals surface area contributed by atoms with Crippen LogP contribution in [-0.2, 0) is 0 Å². The number of aromatic nitrogens is 2. The molecule has 0 bridgehead atoms. The van der Waals surface area contributed by atoms with Crippen molar-refractivity contribution >= 4 is 17.4 Å². The summed E-state index contributed by atoms with van der Waals surface area (Å²) in [4.78, 5) is 23.0. The molecule has 6 heteroatoms. The number of carbonyl (C=O) groups excluding carboxylic acids is 1. The second-order valence-corrected chi connectivity index (χ2v) is 7.10. The first-order valence-corrected chi connectivity index (χ1v) is 9.16. The summed E-state index contributed by atoms with van der Waals surface area (Å²) in [5.74, 6) is 1.94. The van der Waals surface area contributed by atoms with Crippen LogP contribution in [0.5, 0.6) is 5.75 Å². The van der Waals surface area contributed by atoms with E-state index in [0.29, 0.717) is 17.4 Å². The topological polar surface area (TPSA) is 67.4 Å². The first kappa shape index (κ1) is 18.2. The lowest BCUT2D eigenvalue weighted by Gasteiger charge is -2.30. The van der Waals surface area contributed by atoms with E-state index < -0.39 is 0 Å². The Morgan fingerprint density at radius 3 is 2.73 bits per heavy atom. The van der Waals surface area contributed by atoms with Crippen LogP contribution in [-0.4, -0.2) is 40.0 Å². The molecular formula is C20H26N4O2. The first-order chi connectivity index (χ1) is 12.5. The summed E-state index contributed by atoms with van der Waals surface area (Å²) >= 11 is 0. The first-order valence-electron chi connectivity index (χ1n) is 9.16. The molecule has 1 amide bonds. The molecule has 1 aliphatic heterocycles. The van der Waals surface area contributed by atoms with Crippen molar-refractivity contribution in [2.45, 2.75) is 39.7 Å². The minimum absolute atomic E-state index is 0.0253. The fraction of sp³-hybridized carbons (Fsp3) is 0.450. The van der Waals surface area contributed by atoms with Crippen molar-refractivity contribution in [3.63, 3.8) is 0 Å². The van der Waals surface area contributed by atoms with Crippen LogP contribution in [0, 0.1) is 5.92 Å². The molecule has 1 N–H and O–H groups in total. The van der Waals surface area contributed by atoms with E-state index in [1.807, 2.05) is 43.0 Å². The van der Waals surface area contributed by atoms with E-state index in [1.165, 1.54) is 12.7 Å². The summed E-state index contributed by atoms with van der Waals surface area (Å²) < 4.78 is 5.64. The van der Waals surface area contributed by atoms with Crippen molar-refractivity contribution in [1.82, 2.24) is 14.9 Å². The summed E-state index contributed by atoms with van der Waals surface area (Å²) in [6.07, 6.45) is 3.80. The highest BCUT2D eigenvalue weighted by molar-refractivity contribution is 5.93. The molecule has 2 aromatic rings. The Bertz CT molecular complexity index is 746. The Morgan fingerprint density at radius 2 is 2.04 bits per heavy atom. The van der Waals surface area contributed by atoms with Crippen LogP contribution < -0.4 is 10.1 Å². The molecule has 1 aliphatic rings. The van der Waals surface area contributed by atoms with Gasteiger partial charge in [0, 0.05) is 24.8 Å². The van der Waals surface area contributed by atoms with Crippen molar-refractivity contribution in [2.75, 3.05) is 18.4 Å². The highest BCUT2D eigenvalue weighted by Gasteiger charge is 2.23. The molecule has 0 aliphatic carbocycles. The van der Waals surface area contributed by atoms with E-state index in [2.05, 4.69) is 22.2 Å². The number of nitrogens with one attached hydrogen (secondary N) is 1. The molecule has 0 radical (unpaired) electrons. The second-order valence-electron chi connectivity index (χ2n) is 7.10. The molecule has 6 nitrogen and oxygen atoms in total. The Morgan fingerprint density at radius 1 is 1.27 bits per heavy atom. The van der Waals surface area contributed by atoms with Gasteiger partial charge in [-0.2, -0.15) is 0 Å². The van der Waals surface area contributed by atoms with Gasteiger partial charge in [-0.05, 0) is 56.9 Å². The van der Waals surface area contributed by atoms with E-state index in [4.69, 9.17) is 4.74 Å². The van der Waals surface area contributed by atoms with Crippen molar-refractivity contribution in [1.29, 1.82) is 0 Å². The van der Waals surface area contributed by atoms with Crippen LogP contribution in [0.15, 0.2) is 36.7 Å². The fourth-order valence-corrected chi connectivity index (χ4v) is 3.12. The number of likely N-dealkylation sites (tertiary alicyclic amines) is 1. The fourth-order valence-electron chi connectivity index (χ4n) is 3.12. The average molecular weight is 354 g/mol. The summed E-state index contributed by atoms with van der Waals surface area (Å²) in [6, 6.07) is 9.37. The molecule has 26 heavy (non-hydrogen) atoms. The third-order valence-corrected chi connectivity index (χ3v) is 4.33. The molecule has 138 valence electrons. The number of hydrogen-bond donors (Lipinski definition) is 1. The molecule has 1 saturated heterocycles. The van der Waals surface area contributed by atoms with Crippen LogP contribution in [0.25, 0.3) is 0 Å². The minimum Gasteiger partial charge on any atom is -0.491 e. The highest BCUT2D eigenvalue weighted by atomic mass is 16.5. The molecule has 0 spiro atoms. The number of benzene rings is 1. The molecule has 1 aromatic heterocycles. The summed E-state index contributed by atoms with van der Waals surface area (Å²) in [5.41, 5.74) is 1.31. The van der Waals surface area contributed by atoms with Gasteiger partial charge in [0.05, 0.1) is 6.10 Å². The van der Waals surface area contributed by atoms with Crippen LogP contribution in [0.4, 0.5) is 11.5 Å². The third kappa shape index (κ3) is 4.71. The minimum atomic E-state index is -0.0253. The molecular weight excluding hydrogens is 328 g/mol. The van der Waals surface area contributed by atoms with Gasteiger partial charge in [0.1, 0.15) is 23.6 Å². The normalized spacial score (nSPS) is 17.2. The number of hydrogen-bond acceptors (Lipinski definition) is 5. The molecule has 2 heterocycles. The maximum atomic E-state index is 12.7. The molecule has 1 aromatic carbocycles. The molecule has 1 fully saturated rings. The highest BCUT2D eigenvalue weighted by Crippen LogP contribution is 2.21. The number of carbonyl (C=O) groups is 1. The predicted octanol–water partition coefficient (Wildman–Crippen LogP) is 3.88. The second kappa shape index (κ2) is 8.17. The van der Waals surface area contributed by atoms with Gasteiger partial charge in [0.2, 0.25) is 0 Å². The number of ether oxygens (including phenoxy) is 1. The molecule has 0 saturated carbocycles. The van der Waals surface area contributed by atoms with Gasteiger partial charge in [0.15, 0.2) is 0 Å². The van der Waals surface area contributed by atoms with Gasteiger partial charge in [-0.25, -0.2) is 9.97 Å². The lowest BCUT2D eigenvalue weighted by Crippen LogP contribution is -2.39. The van der Waals surface area contributed by atoms with E-state index in [9.17, 15) is 4.79 Å². The van der Waals surface area contributed by atoms with Gasteiger partial charge < -0.3 is 15.0 Å². The van der Waals surface area contributed by atoms with E-state index in [-0.39, 0.29) is 12.0 Å². The zero-order valence-corrected chi connectivity index (χ0v) is 15.6. The van der Waals surface area contributed by atoms with Crippen molar-refractivity contribution in [3.05, 3.63) is 42.4 Å². The van der Waals surface area contributed by atoms with Crippen LogP contribution in [0.1, 0.15) is 44.1 Å². The molecule has 1 atom stereocenters. The Kier molecular flexibility index (Phi) is 5.71. The van der Waals surface area contributed by atoms with Crippen LogP contribution in [0.3, 0.4) is 0 Å². The van der Waals surface area contributed by atoms with Crippen LogP contribution in [0.2, 0.25) is 0 Å². The summed E-state index contributed by atoms with van der Waals surface area (Å²) in [7, 11) is 0. The predicted molar refractivity (Wildman–Crippen MR) is 102 cm³/mol. The third-order valence-electron chi connectivity index (χ3n) is 4.33. The lowest BCUT2D eigenvalue weighted by molar-refractivity contribution is 0.0677. The zero-order valence-electron chi connectivity index (χ0n) is 15.6. The Balaban J connectivity index is 1.68. The maximum Gasteiger partial charge on any atom is 0.272 e. The number of nitrogens with zero attached hydrogens (tertiary/aromatic N) is 3. The Labute approximate surface area is 154 Å². The number of rotatable bonds is 5. The Hall–Kier alpha value is -2.63.